The smallest absolute Gasteiger partial charge is 0.273 e. The molecule has 0 saturated carbocycles. The molecule has 6 heteroatoms. The van der Waals surface area contributed by atoms with Crippen molar-refractivity contribution in [2.45, 2.75) is 19.9 Å². The Morgan fingerprint density at radius 2 is 2.00 bits per heavy atom. The van der Waals surface area contributed by atoms with Crippen molar-refractivity contribution in [1.82, 2.24) is 0 Å². The van der Waals surface area contributed by atoms with Crippen LogP contribution in [0.2, 0.25) is 0 Å². The summed E-state index contributed by atoms with van der Waals surface area (Å²) in [6, 6.07) is 8.11. The minimum atomic E-state index is -0.555. The van der Waals surface area contributed by atoms with Crippen LogP contribution in [0.4, 0.5) is 10.1 Å². The van der Waals surface area contributed by atoms with Gasteiger partial charge in [0.25, 0.3) is 5.69 Å². The van der Waals surface area contributed by atoms with Crippen LogP contribution in [0.15, 0.2) is 36.4 Å². The molecule has 2 aromatic carbocycles. The first-order chi connectivity index (χ1) is 9.90. The van der Waals surface area contributed by atoms with Crippen LogP contribution < -0.4 is 10.5 Å². The van der Waals surface area contributed by atoms with Gasteiger partial charge in [-0.3, -0.25) is 10.1 Å². The third-order valence-corrected chi connectivity index (χ3v) is 3.07. The molecule has 2 N–H and O–H groups in total. The molecule has 0 aliphatic rings. The van der Waals surface area contributed by atoms with E-state index in [1.54, 1.807) is 26.0 Å². The molecule has 0 unspecified atom stereocenters. The maximum atomic E-state index is 13.8. The van der Waals surface area contributed by atoms with Gasteiger partial charge in [0.1, 0.15) is 17.3 Å². The van der Waals surface area contributed by atoms with Gasteiger partial charge in [-0.1, -0.05) is 6.07 Å². The van der Waals surface area contributed by atoms with E-state index in [2.05, 4.69) is 0 Å². The van der Waals surface area contributed by atoms with Gasteiger partial charge in [-0.15, -0.1) is 0 Å². The topological polar surface area (TPSA) is 78.4 Å². The van der Waals surface area contributed by atoms with Crippen molar-refractivity contribution in [3.05, 3.63) is 63.5 Å². The lowest BCUT2D eigenvalue weighted by molar-refractivity contribution is -0.384. The van der Waals surface area contributed by atoms with Crippen molar-refractivity contribution < 1.29 is 14.1 Å². The highest BCUT2D eigenvalue weighted by atomic mass is 19.1. The summed E-state index contributed by atoms with van der Waals surface area (Å²) in [6.45, 7) is 3.40. The predicted octanol–water partition coefficient (Wildman–Crippen LogP) is 3.85. The van der Waals surface area contributed by atoms with Crippen molar-refractivity contribution in [2.24, 2.45) is 5.73 Å². The zero-order chi connectivity index (χ0) is 15.6. The molecule has 110 valence electrons. The van der Waals surface area contributed by atoms with Gasteiger partial charge >= 0.3 is 0 Å². The number of nitrogens with zero attached hydrogens (tertiary/aromatic N) is 1. The summed E-state index contributed by atoms with van der Waals surface area (Å²) in [6.07, 6.45) is 0. The summed E-state index contributed by atoms with van der Waals surface area (Å²) >= 11 is 0. The monoisotopic (exact) mass is 290 g/mol. The van der Waals surface area contributed by atoms with E-state index < -0.39 is 16.8 Å². The number of non-ortho nitro benzene ring substituents is 1. The van der Waals surface area contributed by atoms with Crippen LogP contribution in [0.1, 0.15) is 24.1 Å². The SMILES string of the molecule is Cc1ccc([N+](=O)[O-])cc1Oc1cccc(F)c1[C@@H](C)N. The van der Waals surface area contributed by atoms with Crippen LogP contribution in [0.25, 0.3) is 0 Å². The predicted molar refractivity (Wildman–Crippen MR) is 76.9 cm³/mol. The molecule has 0 heterocycles. The van der Waals surface area contributed by atoms with Crippen LogP contribution in [0.5, 0.6) is 11.5 Å². The lowest BCUT2D eigenvalue weighted by Gasteiger charge is -2.15. The van der Waals surface area contributed by atoms with E-state index in [1.807, 2.05) is 0 Å². The molecular formula is C15H15FN2O3. The van der Waals surface area contributed by atoms with Crippen LogP contribution in [-0.2, 0) is 0 Å². The average molecular weight is 290 g/mol. The standard InChI is InChI=1S/C15H15FN2O3/c1-9-6-7-11(18(19)20)8-14(9)21-13-5-3-4-12(16)15(13)10(2)17/h3-8,10H,17H2,1-2H3/t10-/m1/s1. The van der Waals surface area contributed by atoms with Gasteiger partial charge in [-0.2, -0.15) is 0 Å². The molecule has 2 aromatic rings. The van der Waals surface area contributed by atoms with Crippen LogP contribution in [0.3, 0.4) is 0 Å². The first-order valence-electron chi connectivity index (χ1n) is 6.37. The molecule has 0 aromatic heterocycles. The molecule has 5 nitrogen and oxygen atoms in total. The Bertz CT molecular complexity index is 687. The van der Waals surface area contributed by atoms with Gasteiger partial charge in [0.2, 0.25) is 0 Å². The van der Waals surface area contributed by atoms with E-state index in [1.165, 1.54) is 24.3 Å². The molecule has 0 amide bonds. The summed E-state index contributed by atoms with van der Waals surface area (Å²) in [5.74, 6) is 0.0934. The number of nitro groups is 1. The number of hydrogen-bond acceptors (Lipinski definition) is 4. The summed E-state index contributed by atoms with van der Waals surface area (Å²) in [5, 5.41) is 10.8. The van der Waals surface area contributed by atoms with Crippen molar-refractivity contribution in [1.29, 1.82) is 0 Å². The second kappa shape index (κ2) is 5.88. The van der Waals surface area contributed by atoms with Gasteiger partial charge < -0.3 is 10.5 Å². The highest BCUT2D eigenvalue weighted by molar-refractivity contribution is 5.47. The van der Waals surface area contributed by atoms with Crippen LogP contribution >= 0.6 is 0 Å². The molecule has 0 fully saturated rings. The zero-order valence-electron chi connectivity index (χ0n) is 11.7. The quantitative estimate of drug-likeness (QED) is 0.685. The fraction of sp³-hybridized carbons (Fsp3) is 0.200. The first-order valence-corrected chi connectivity index (χ1v) is 6.37. The van der Waals surface area contributed by atoms with Crippen molar-refractivity contribution >= 4 is 5.69 Å². The Morgan fingerprint density at radius 3 is 2.62 bits per heavy atom. The Hall–Kier alpha value is -2.47. The molecule has 0 aliphatic carbocycles. The fourth-order valence-corrected chi connectivity index (χ4v) is 1.98. The number of nitro benzene ring substituents is 1. The molecule has 0 spiro atoms. The van der Waals surface area contributed by atoms with Crippen LogP contribution in [-0.4, -0.2) is 4.92 Å². The van der Waals surface area contributed by atoms with Crippen molar-refractivity contribution in [2.75, 3.05) is 0 Å². The zero-order valence-corrected chi connectivity index (χ0v) is 11.7. The van der Waals surface area contributed by atoms with Gasteiger partial charge in [0.15, 0.2) is 0 Å². The third kappa shape index (κ3) is 3.17. The number of ether oxygens (including phenoxy) is 1. The number of benzene rings is 2. The maximum Gasteiger partial charge on any atom is 0.273 e. The molecular weight excluding hydrogens is 275 g/mol. The number of hydrogen-bond donors (Lipinski definition) is 1. The Balaban J connectivity index is 2.45. The van der Waals surface area contributed by atoms with E-state index in [0.717, 1.165) is 0 Å². The van der Waals surface area contributed by atoms with Crippen molar-refractivity contribution in [3.63, 3.8) is 0 Å². The summed E-state index contributed by atoms with van der Waals surface area (Å²) in [5.41, 5.74) is 6.62. The first kappa shape index (κ1) is 14.9. The maximum absolute atomic E-state index is 13.8. The average Bonchev–Trinajstić information content (AvgIpc) is 2.40. The normalized spacial score (nSPS) is 12.0. The van der Waals surface area contributed by atoms with E-state index in [-0.39, 0.29) is 17.0 Å². The highest BCUT2D eigenvalue weighted by Gasteiger charge is 2.16. The highest BCUT2D eigenvalue weighted by Crippen LogP contribution is 2.33. The fourth-order valence-electron chi connectivity index (χ4n) is 1.98. The Labute approximate surface area is 121 Å². The third-order valence-electron chi connectivity index (χ3n) is 3.07. The number of nitrogens with two attached hydrogens (primary N) is 1. The lowest BCUT2D eigenvalue weighted by Crippen LogP contribution is -2.09. The second-order valence-corrected chi connectivity index (χ2v) is 4.75. The molecule has 21 heavy (non-hydrogen) atoms. The van der Waals surface area contributed by atoms with Crippen LogP contribution in [0, 0.1) is 22.9 Å². The molecule has 0 saturated heterocycles. The van der Waals surface area contributed by atoms with E-state index in [9.17, 15) is 14.5 Å². The molecule has 1 atom stereocenters. The van der Waals surface area contributed by atoms with E-state index in [0.29, 0.717) is 11.3 Å². The second-order valence-electron chi connectivity index (χ2n) is 4.75. The lowest BCUT2D eigenvalue weighted by atomic mass is 10.1. The summed E-state index contributed by atoms with van der Waals surface area (Å²) < 4.78 is 19.5. The van der Waals surface area contributed by atoms with Gasteiger partial charge in [0, 0.05) is 17.7 Å². The number of rotatable bonds is 4. The molecule has 0 bridgehead atoms. The summed E-state index contributed by atoms with van der Waals surface area (Å²) in [7, 11) is 0. The summed E-state index contributed by atoms with van der Waals surface area (Å²) in [4.78, 5) is 10.3. The molecule has 0 aliphatic heterocycles. The van der Waals surface area contributed by atoms with Crippen molar-refractivity contribution in [3.8, 4) is 11.5 Å². The minimum absolute atomic E-state index is 0.0886. The van der Waals surface area contributed by atoms with E-state index in [4.69, 9.17) is 10.5 Å². The molecule has 2 rings (SSSR count). The van der Waals surface area contributed by atoms with E-state index >= 15 is 0 Å². The largest absolute Gasteiger partial charge is 0.456 e. The number of halogens is 1. The minimum Gasteiger partial charge on any atom is -0.456 e. The Kier molecular flexibility index (Phi) is 4.18. The van der Waals surface area contributed by atoms with Gasteiger partial charge in [-0.05, 0) is 37.6 Å². The Morgan fingerprint density at radius 1 is 1.29 bits per heavy atom. The van der Waals surface area contributed by atoms with Gasteiger partial charge in [-0.25, -0.2) is 4.39 Å². The van der Waals surface area contributed by atoms with Gasteiger partial charge in [0.05, 0.1) is 11.0 Å². The molecule has 0 radical (unpaired) electrons. The number of aryl methyl sites for hydroxylation is 1.